The van der Waals surface area contributed by atoms with Crippen LogP contribution in [0.4, 0.5) is 33.2 Å². The molecule has 110 valence electrons. The Labute approximate surface area is 126 Å². The second kappa shape index (κ2) is 6.04. The van der Waals surface area contributed by atoms with Gasteiger partial charge in [-0.2, -0.15) is 0 Å². The minimum atomic E-state index is -0.307. The predicted octanol–water partition coefficient (Wildman–Crippen LogP) is 3.08. The zero-order valence-electron chi connectivity index (χ0n) is 11.5. The lowest BCUT2D eigenvalue weighted by atomic mass is 10.3. The number of anilines is 5. The number of aromatic nitrogens is 3. The fraction of sp³-hybridized carbons (Fsp3) is 0. The number of nitrogens with one attached hydrogen (secondary N) is 2. The van der Waals surface area contributed by atoms with Crippen molar-refractivity contribution in [3.05, 3.63) is 60.8 Å². The van der Waals surface area contributed by atoms with Gasteiger partial charge in [0.05, 0.1) is 0 Å². The fourth-order valence-electron chi connectivity index (χ4n) is 1.82. The van der Waals surface area contributed by atoms with Gasteiger partial charge in [0.1, 0.15) is 23.6 Å². The maximum atomic E-state index is 12.9. The number of nitrogens with two attached hydrogens (primary N) is 1. The molecule has 0 bridgehead atoms. The highest BCUT2D eigenvalue weighted by atomic mass is 19.1. The van der Waals surface area contributed by atoms with Crippen molar-refractivity contribution < 1.29 is 4.39 Å². The molecule has 0 aliphatic rings. The first kappa shape index (κ1) is 13.7. The minimum Gasteiger partial charge on any atom is -0.393 e. The maximum absolute atomic E-state index is 12.9. The molecule has 2 heterocycles. The van der Waals surface area contributed by atoms with Gasteiger partial charge < -0.3 is 16.4 Å². The zero-order chi connectivity index (χ0) is 15.4. The van der Waals surface area contributed by atoms with Crippen molar-refractivity contribution >= 4 is 28.8 Å². The predicted molar refractivity (Wildman–Crippen MR) is 83.6 cm³/mol. The van der Waals surface area contributed by atoms with E-state index in [-0.39, 0.29) is 5.82 Å². The largest absolute Gasteiger partial charge is 0.393 e. The van der Waals surface area contributed by atoms with E-state index in [1.165, 1.54) is 18.5 Å². The van der Waals surface area contributed by atoms with Crippen LogP contribution < -0.4 is 16.4 Å². The Kier molecular flexibility index (Phi) is 3.78. The van der Waals surface area contributed by atoms with Gasteiger partial charge in [0.2, 0.25) is 0 Å². The Bertz CT molecular complexity index is 761. The van der Waals surface area contributed by atoms with Crippen molar-refractivity contribution in [1.29, 1.82) is 0 Å². The summed E-state index contributed by atoms with van der Waals surface area (Å²) in [5, 5.41) is 6.04. The van der Waals surface area contributed by atoms with Gasteiger partial charge >= 0.3 is 0 Å². The van der Waals surface area contributed by atoms with E-state index in [1.807, 2.05) is 12.1 Å². The molecule has 3 rings (SSSR count). The topological polar surface area (TPSA) is 88.8 Å². The Morgan fingerprint density at radius 2 is 1.59 bits per heavy atom. The lowest BCUT2D eigenvalue weighted by Crippen LogP contribution is -2.05. The van der Waals surface area contributed by atoms with Crippen LogP contribution >= 0.6 is 0 Å². The van der Waals surface area contributed by atoms with E-state index >= 15 is 0 Å². The van der Waals surface area contributed by atoms with Crippen molar-refractivity contribution in [2.75, 3.05) is 16.4 Å². The van der Waals surface area contributed by atoms with Gasteiger partial charge in [0.25, 0.3) is 0 Å². The van der Waals surface area contributed by atoms with E-state index in [0.29, 0.717) is 28.8 Å². The summed E-state index contributed by atoms with van der Waals surface area (Å²) in [5.74, 6) is 1.19. The molecule has 6 nitrogen and oxygen atoms in total. The number of nitrogen functional groups attached to an aromatic ring is 1. The molecule has 0 radical (unpaired) electrons. The number of hydrogen-bond donors (Lipinski definition) is 3. The van der Waals surface area contributed by atoms with Crippen molar-refractivity contribution in [3.8, 4) is 0 Å². The maximum Gasteiger partial charge on any atom is 0.160 e. The first-order valence-corrected chi connectivity index (χ1v) is 6.53. The quantitative estimate of drug-likeness (QED) is 0.685. The summed E-state index contributed by atoms with van der Waals surface area (Å²) in [6, 6.07) is 11.4. The normalized spacial score (nSPS) is 10.2. The highest BCUT2D eigenvalue weighted by molar-refractivity contribution is 5.79. The van der Waals surface area contributed by atoms with Crippen molar-refractivity contribution in [1.82, 2.24) is 15.0 Å². The third kappa shape index (κ3) is 3.09. The molecular formula is C15H13FN6. The standard InChI is InChI=1S/C15H13FN6/c16-10-4-6-11(7-5-10)21-14-13(17)15(20-9-19-14)22-12-3-1-2-8-18-12/h1-9H,17H2,(H2,18,19,20,21,22). The number of benzene rings is 1. The number of pyridine rings is 1. The molecule has 1 aromatic carbocycles. The van der Waals surface area contributed by atoms with Gasteiger partial charge in [-0.1, -0.05) is 6.07 Å². The van der Waals surface area contributed by atoms with E-state index in [4.69, 9.17) is 5.73 Å². The smallest absolute Gasteiger partial charge is 0.160 e. The average molecular weight is 296 g/mol. The molecule has 0 aliphatic heterocycles. The number of rotatable bonds is 4. The van der Waals surface area contributed by atoms with Crippen LogP contribution in [-0.4, -0.2) is 15.0 Å². The minimum absolute atomic E-state index is 0.307. The summed E-state index contributed by atoms with van der Waals surface area (Å²) in [6.07, 6.45) is 3.05. The fourth-order valence-corrected chi connectivity index (χ4v) is 1.82. The summed E-state index contributed by atoms with van der Waals surface area (Å²) in [5.41, 5.74) is 7.08. The summed E-state index contributed by atoms with van der Waals surface area (Å²) >= 11 is 0. The van der Waals surface area contributed by atoms with Crippen LogP contribution in [0.15, 0.2) is 55.0 Å². The average Bonchev–Trinajstić information content (AvgIpc) is 2.54. The molecule has 0 aliphatic carbocycles. The molecule has 0 spiro atoms. The van der Waals surface area contributed by atoms with Crippen LogP contribution in [0.3, 0.4) is 0 Å². The van der Waals surface area contributed by atoms with Gasteiger partial charge in [0, 0.05) is 11.9 Å². The third-order valence-electron chi connectivity index (χ3n) is 2.90. The molecule has 0 atom stereocenters. The van der Waals surface area contributed by atoms with E-state index in [1.54, 1.807) is 24.4 Å². The third-order valence-corrected chi connectivity index (χ3v) is 2.90. The molecular weight excluding hydrogens is 283 g/mol. The van der Waals surface area contributed by atoms with Crippen molar-refractivity contribution in [2.45, 2.75) is 0 Å². The van der Waals surface area contributed by atoms with E-state index < -0.39 is 0 Å². The van der Waals surface area contributed by atoms with Gasteiger partial charge in [-0.15, -0.1) is 0 Å². The monoisotopic (exact) mass is 296 g/mol. The molecule has 0 unspecified atom stereocenters. The molecule has 22 heavy (non-hydrogen) atoms. The number of halogens is 1. The van der Waals surface area contributed by atoms with Crippen LogP contribution in [0.2, 0.25) is 0 Å². The van der Waals surface area contributed by atoms with Gasteiger partial charge in [-0.05, 0) is 36.4 Å². The molecule has 4 N–H and O–H groups in total. The second-order valence-corrected chi connectivity index (χ2v) is 4.46. The summed E-state index contributed by atoms with van der Waals surface area (Å²) in [4.78, 5) is 12.3. The lowest BCUT2D eigenvalue weighted by Gasteiger charge is -2.12. The van der Waals surface area contributed by atoms with E-state index in [0.717, 1.165) is 0 Å². The lowest BCUT2D eigenvalue weighted by molar-refractivity contribution is 0.628. The Balaban J connectivity index is 1.84. The van der Waals surface area contributed by atoms with Crippen LogP contribution in [-0.2, 0) is 0 Å². The Hall–Kier alpha value is -3.22. The highest BCUT2D eigenvalue weighted by Gasteiger charge is 2.09. The molecule has 0 saturated heterocycles. The molecule has 0 saturated carbocycles. The van der Waals surface area contributed by atoms with Crippen molar-refractivity contribution in [2.24, 2.45) is 0 Å². The molecule has 7 heteroatoms. The van der Waals surface area contributed by atoms with Crippen LogP contribution in [0.5, 0.6) is 0 Å². The van der Waals surface area contributed by atoms with Gasteiger partial charge in [-0.25, -0.2) is 19.3 Å². The zero-order valence-corrected chi connectivity index (χ0v) is 11.5. The molecule has 3 aromatic rings. The van der Waals surface area contributed by atoms with Crippen LogP contribution in [0.25, 0.3) is 0 Å². The first-order chi connectivity index (χ1) is 10.7. The second-order valence-electron chi connectivity index (χ2n) is 4.46. The summed E-state index contributed by atoms with van der Waals surface area (Å²) < 4.78 is 12.9. The molecule has 2 aromatic heterocycles. The van der Waals surface area contributed by atoms with Crippen molar-refractivity contribution in [3.63, 3.8) is 0 Å². The van der Waals surface area contributed by atoms with Crippen LogP contribution in [0, 0.1) is 5.82 Å². The number of hydrogen-bond acceptors (Lipinski definition) is 6. The van der Waals surface area contributed by atoms with Crippen LogP contribution in [0.1, 0.15) is 0 Å². The summed E-state index contributed by atoms with van der Waals surface area (Å²) in [7, 11) is 0. The molecule has 0 fully saturated rings. The molecule has 0 amide bonds. The van der Waals surface area contributed by atoms with Gasteiger partial charge in [-0.3, -0.25) is 0 Å². The summed E-state index contributed by atoms with van der Waals surface area (Å²) in [6.45, 7) is 0. The Morgan fingerprint density at radius 3 is 2.27 bits per heavy atom. The SMILES string of the molecule is Nc1c(Nc2ccc(F)cc2)ncnc1Nc1ccccn1. The number of nitrogens with zero attached hydrogens (tertiary/aromatic N) is 3. The van der Waals surface area contributed by atoms with E-state index in [9.17, 15) is 4.39 Å². The Morgan fingerprint density at radius 1 is 0.864 bits per heavy atom. The highest BCUT2D eigenvalue weighted by Crippen LogP contribution is 2.27. The van der Waals surface area contributed by atoms with E-state index in [2.05, 4.69) is 25.6 Å². The van der Waals surface area contributed by atoms with Gasteiger partial charge in [0.15, 0.2) is 11.6 Å². The first-order valence-electron chi connectivity index (χ1n) is 6.53.